The van der Waals surface area contributed by atoms with Crippen LogP contribution in [0.4, 0.5) is 0 Å². The van der Waals surface area contributed by atoms with E-state index in [9.17, 15) is 19.4 Å². The number of carbonyl (C=O) groups excluding carboxylic acids is 1. The molecule has 0 aliphatic rings. The molecular weight excluding hydrogens is 936 g/mol. The molecular formula is C65H128N2O6P+. The Morgan fingerprint density at radius 1 is 0.446 bits per heavy atom. The van der Waals surface area contributed by atoms with Gasteiger partial charge in [0.2, 0.25) is 5.91 Å². The summed E-state index contributed by atoms with van der Waals surface area (Å²) in [5.41, 5.74) is 0. The summed E-state index contributed by atoms with van der Waals surface area (Å²) in [5.74, 6) is -0.185. The monoisotopic (exact) mass is 1060 g/mol. The van der Waals surface area contributed by atoms with Crippen LogP contribution in [-0.2, 0) is 18.4 Å². The second kappa shape index (κ2) is 56.4. The van der Waals surface area contributed by atoms with Gasteiger partial charge in [0.25, 0.3) is 0 Å². The smallest absolute Gasteiger partial charge is 0.387 e. The van der Waals surface area contributed by atoms with E-state index < -0.39 is 20.0 Å². The third-order valence-electron chi connectivity index (χ3n) is 14.8. The number of aliphatic hydroxyl groups excluding tert-OH is 1. The minimum Gasteiger partial charge on any atom is -0.387 e. The van der Waals surface area contributed by atoms with Crippen LogP contribution in [0.3, 0.4) is 0 Å². The molecule has 0 spiro atoms. The molecule has 8 nitrogen and oxygen atoms in total. The van der Waals surface area contributed by atoms with E-state index in [0.717, 1.165) is 38.5 Å². The Morgan fingerprint density at radius 2 is 0.743 bits per heavy atom. The van der Waals surface area contributed by atoms with Crippen LogP contribution in [0.25, 0.3) is 0 Å². The maximum absolute atomic E-state index is 13.0. The van der Waals surface area contributed by atoms with Crippen LogP contribution in [-0.4, -0.2) is 73.4 Å². The van der Waals surface area contributed by atoms with Gasteiger partial charge in [-0.1, -0.05) is 294 Å². The summed E-state index contributed by atoms with van der Waals surface area (Å²) >= 11 is 0. The number of likely N-dealkylation sites (N-methyl/N-ethyl adjacent to an activating group) is 1. The van der Waals surface area contributed by atoms with Crippen LogP contribution < -0.4 is 5.32 Å². The number of carbonyl (C=O) groups is 1. The summed E-state index contributed by atoms with van der Waals surface area (Å²) in [6.07, 6.45) is 74.2. The van der Waals surface area contributed by atoms with E-state index in [1.807, 2.05) is 27.2 Å². The van der Waals surface area contributed by atoms with E-state index in [-0.39, 0.29) is 19.1 Å². The van der Waals surface area contributed by atoms with Gasteiger partial charge in [-0.2, -0.15) is 0 Å². The van der Waals surface area contributed by atoms with Crippen LogP contribution >= 0.6 is 7.82 Å². The average Bonchev–Trinajstić information content (AvgIpc) is 3.36. The van der Waals surface area contributed by atoms with Crippen LogP contribution in [0.2, 0.25) is 0 Å². The first kappa shape index (κ1) is 72.7. The Kier molecular flexibility index (Phi) is 55.5. The van der Waals surface area contributed by atoms with E-state index in [1.165, 1.54) is 263 Å². The number of unbranched alkanes of at least 4 members (excludes halogenated alkanes) is 43. The molecule has 9 heteroatoms. The van der Waals surface area contributed by atoms with Gasteiger partial charge in [-0.25, -0.2) is 4.57 Å². The molecule has 0 radical (unpaired) electrons. The lowest BCUT2D eigenvalue weighted by molar-refractivity contribution is -0.870. The number of nitrogens with zero attached hydrogens (tertiary/aromatic N) is 1. The van der Waals surface area contributed by atoms with E-state index in [4.69, 9.17) is 9.05 Å². The SMILES string of the molecule is CCCCCCCCCC/C=C\CCCCCCCCCCCC(=O)NC(COP(=O)(O)OCC[N+](C)(C)C)C(O)/C=C/CC/C=C/CCCCCCCCCCCCCCCCCCCCCCCCCCC. The summed E-state index contributed by atoms with van der Waals surface area (Å²) in [6, 6.07) is -0.865. The van der Waals surface area contributed by atoms with Gasteiger partial charge < -0.3 is 19.8 Å². The molecule has 0 bridgehead atoms. The van der Waals surface area contributed by atoms with Gasteiger partial charge >= 0.3 is 7.82 Å². The van der Waals surface area contributed by atoms with Gasteiger partial charge in [0.05, 0.1) is 39.9 Å². The number of hydrogen-bond donors (Lipinski definition) is 3. The third kappa shape index (κ3) is 58.4. The highest BCUT2D eigenvalue weighted by Gasteiger charge is 2.27. The molecule has 0 aliphatic heterocycles. The molecule has 3 atom stereocenters. The zero-order valence-corrected chi connectivity index (χ0v) is 51.0. The van der Waals surface area contributed by atoms with Gasteiger partial charge in [-0.3, -0.25) is 13.8 Å². The molecule has 0 saturated carbocycles. The van der Waals surface area contributed by atoms with Crippen molar-refractivity contribution in [1.29, 1.82) is 0 Å². The predicted octanol–water partition coefficient (Wildman–Crippen LogP) is 20.1. The summed E-state index contributed by atoms with van der Waals surface area (Å²) in [5, 5.41) is 14.0. The largest absolute Gasteiger partial charge is 0.472 e. The van der Waals surface area contributed by atoms with Crippen molar-refractivity contribution in [2.75, 3.05) is 40.9 Å². The predicted molar refractivity (Wildman–Crippen MR) is 323 cm³/mol. The first-order chi connectivity index (χ1) is 36.0. The Balaban J connectivity index is 4.13. The molecule has 0 saturated heterocycles. The maximum atomic E-state index is 13.0. The van der Waals surface area contributed by atoms with Crippen molar-refractivity contribution in [3.05, 3.63) is 36.5 Å². The maximum Gasteiger partial charge on any atom is 0.472 e. The molecule has 74 heavy (non-hydrogen) atoms. The molecule has 0 aromatic carbocycles. The van der Waals surface area contributed by atoms with Crippen molar-refractivity contribution in [2.24, 2.45) is 0 Å². The quantitative estimate of drug-likeness (QED) is 0.0243. The first-order valence-corrected chi connectivity index (χ1v) is 33.9. The fourth-order valence-electron chi connectivity index (χ4n) is 9.76. The summed E-state index contributed by atoms with van der Waals surface area (Å²) in [6.45, 7) is 4.84. The zero-order chi connectivity index (χ0) is 54.2. The molecule has 3 N–H and O–H groups in total. The van der Waals surface area contributed by atoms with Gasteiger partial charge in [-0.05, 0) is 57.8 Å². The molecule has 1 amide bonds. The molecule has 438 valence electrons. The third-order valence-corrected chi connectivity index (χ3v) is 15.8. The van der Waals surface area contributed by atoms with Crippen molar-refractivity contribution in [1.82, 2.24) is 5.32 Å². The topological polar surface area (TPSA) is 105 Å². The lowest BCUT2D eigenvalue weighted by Crippen LogP contribution is -2.45. The van der Waals surface area contributed by atoms with E-state index in [0.29, 0.717) is 17.4 Å². The number of nitrogens with one attached hydrogen (secondary N) is 1. The first-order valence-electron chi connectivity index (χ1n) is 32.4. The number of amides is 1. The van der Waals surface area contributed by atoms with E-state index in [1.54, 1.807) is 6.08 Å². The van der Waals surface area contributed by atoms with Gasteiger partial charge in [0.1, 0.15) is 13.2 Å². The Bertz CT molecular complexity index is 1300. The lowest BCUT2D eigenvalue weighted by Gasteiger charge is -2.25. The Labute approximate surface area is 461 Å². The minimum atomic E-state index is -4.36. The van der Waals surface area contributed by atoms with Crippen molar-refractivity contribution in [2.45, 2.75) is 334 Å². The van der Waals surface area contributed by atoms with Gasteiger partial charge in [0, 0.05) is 6.42 Å². The van der Waals surface area contributed by atoms with Crippen molar-refractivity contribution >= 4 is 13.7 Å². The van der Waals surface area contributed by atoms with Crippen LogP contribution in [0, 0.1) is 0 Å². The van der Waals surface area contributed by atoms with Crippen molar-refractivity contribution < 1.29 is 32.9 Å². The highest BCUT2D eigenvalue weighted by Crippen LogP contribution is 2.43. The molecule has 0 aliphatic carbocycles. The van der Waals surface area contributed by atoms with Crippen molar-refractivity contribution in [3.63, 3.8) is 0 Å². The van der Waals surface area contributed by atoms with Crippen LogP contribution in [0.15, 0.2) is 36.5 Å². The molecule has 0 aromatic heterocycles. The highest BCUT2D eigenvalue weighted by atomic mass is 31.2. The molecule has 0 aromatic rings. The van der Waals surface area contributed by atoms with Crippen LogP contribution in [0.1, 0.15) is 322 Å². The molecule has 3 unspecified atom stereocenters. The van der Waals surface area contributed by atoms with Gasteiger partial charge in [-0.15, -0.1) is 0 Å². The van der Waals surface area contributed by atoms with Gasteiger partial charge in [0.15, 0.2) is 0 Å². The number of phosphoric acid groups is 1. The number of aliphatic hydroxyl groups is 1. The second-order valence-electron chi connectivity index (χ2n) is 23.5. The minimum absolute atomic E-state index is 0.0566. The molecule has 0 fully saturated rings. The normalized spacial score (nSPS) is 14.0. The second-order valence-corrected chi connectivity index (χ2v) is 24.9. The van der Waals surface area contributed by atoms with Crippen molar-refractivity contribution in [3.8, 4) is 0 Å². The zero-order valence-electron chi connectivity index (χ0n) is 50.1. The summed E-state index contributed by atoms with van der Waals surface area (Å²) in [4.78, 5) is 23.3. The molecule has 0 rings (SSSR count). The fraction of sp³-hybridized carbons (Fsp3) is 0.892. The van der Waals surface area contributed by atoms with E-state index >= 15 is 0 Å². The fourth-order valence-corrected chi connectivity index (χ4v) is 10.5. The van der Waals surface area contributed by atoms with E-state index in [2.05, 4.69) is 43.5 Å². The number of allylic oxidation sites excluding steroid dienone is 5. The standard InChI is InChI=1S/C65H127N2O6P/c1-6-8-10-12-14-16-18-20-22-24-26-28-29-30-31-32-33-34-35-36-37-39-40-42-44-46-48-50-52-54-56-58-64(68)63(62-73-74(70,71)72-61-60-67(3,4)5)66-65(69)59-57-55-53-51-49-47-45-43-41-38-27-25-23-21-19-17-15-13-11-9-7-2/h25,27,48,50,56,58,63-64,68H,6-24,26,28-47,49,51-55,57,59-62H2,1-5H3,(H-,66,69,70,71)/p+1/b27-25-,50-48+,58-56+. The average molecular weight is 1060 g/mol. The molecule has 0 heterocycles. The number of phosphoric ester groups is 1. The highest BCUT2D eigenvalue weighted by molar-refractivity contribution is 7.47. The Hall–Kier alpha value is -1.28. The summed E-state index contributed by atoms with van der Waals surface area (Å²) in [7, 11) is 1.56. The number of rotatable bonds is 60. The van der Waals surface area contributed by atoms with Crippen LogP contribution in [0.5, 0.6) is 0 Å². The number of hydrogen-bond acceptors (Lipinski definition) is 5. The number of quaternary nitrogens is 1. The summed E-state index contributed by atoms with van der Waals surface area (Å²) < 4.78 is 23.7. The lowest BCUT2D eigenvalue weighted by atomic mass is 10.0. The Morgan fingerprint density at radius 3 is 1.08 bits per heavy atom.